The van der Waals surface area contributed by atoms with E-state index in [-0.39, 0.29) is 17.5 Å². The monoisotopic (exact) mass is 537 g/mol. The molecular weight excluding hydrogens is 502 g/mol. The van der Waals surface area contributed by atoms with E-state index in [4.69, 9.17) is 9.97 Å². The number of aliphatic hydroxyl groups is 1. The summed E-state index contributed by atoms with van der Waals surface area (Å²) >= 11 is 0. The smallest absolute Gasteiger partial charge is 0.278 e. The Morgan fingerprint density at radius 1 is 1.12 bits per heavy atom. The van der Waals surface area contributed by atoms with Crippen molar-refractivity contribution >= 4 is 22.7 Å². The molecule has 2 unspecified atom stereocenters. The van der Waals surface area contributed by atoms with E-state index in [0.29, 0.717) is 34.9 Å². The van der Waals surface area contributed by atoms with Crippen molar-refractivity contribution in [1.82, 2.24) is 29.2 Å². The zero-order valence-corrected chi connectivity index (χ0v) is 23.4. The summed E-state index contributed by atoms with van der Waals surface area (Å²) < 4.78 is 3.28. The fourth-order valence-corrected chi connectivity index (χ4v) is 7.33. The largest absolute Gasteiger partial charge is 0.384 e. The van der Waals surface area contributed by atoms with Gasteiger partial charge in [-0.25, -0.2) is 19.3 Å². The molecule has 0 saturated carbocycles. The van der Waals surface area contributed by atoms with Crippen LogP contribution < -0.4 is 10.9 Å². The van der Waals surface area contributed by atoms with Crippen molar-refractivity contribution < 1.29 is 5.11 Å². The third-order valence-corrected chi connectivity index (χ3v) is 8.95. The average Bonchev–Trinajstić information content (AvgIpc) is 3.35. The minimum atomic E-state index is -1.00. The predicted molar refractivity (Wildman–Crippen MR) is 155 cm³/mol. The molecular formula is C31H35N7O2. The van der Waals surface area contributed by atoms with Crippen LogP contribution in [-0.4, -0.2) is 47.9 Å². The third kappa shape index (κ3) is 3.83. The maximum atomic E-state index is 13.4. The maximum Gasteiger partial charge on any atom is 0.278 e. The molecule has 9 heteroatoms. The van der Waals surface area contributed by atoms with Crippen molar-refractivity contribution in [3.8, 4) is 5.82 Å². The van der Waals surface area contributed by atoms with Crippen LogP contribution in [0.1, 0.15) is 61.1 Å². The van der Waals surface area contributed by atoms with E-state index < -0.39 is 5.60 Å². The van der Waals surface area contributed by atoms with Crippen molar-refractivity contribution in [3.63, 3.8) is 0 Å². The highest BCUT2D eigenvalue weighted by atomic mass is 16.3. The number of nitrogens with one attached hydrogen (secondary N) is 1. The Morgan fingerprint density at radius 3 is 2.77 bits per heavy atom. The summed E-state index contributed by atoms with van der Waals surface area (Å²) in [5.41, 5.74) is 6.36. The van der Waals surface area contributed by atoms with Crippen molar-refractivity contribution in [1.29, 1.82) is 0 Å². The first-order valence-electron chi connectivity index (χ1n) is 14.1. The van der Waals surface area contributed by atoms with E-state index in [0.717, 1.165) is 37.2 Å². The molecule has 4 heterocycles. The molecule has 0 amide bonds. The van der Waals surface area contributed by atoms with Gasteiger partial charge in [0, 0.05) is 30.4 Å². The third-order valence-electron chi connectivity index (χ3n) is 8.95. The molecule has 3 aromatic heterocycles. The summed E-state index contributed by atoms with van der Waals surface area (Å²) in [5.74, 6) is 0.945. The van der Waals surface area contributed by atoms with Crippen molar-refractivity contribution in [2.24, 2.45) is 0 Å². The lowest BCUT2D eigenvalue weighted by Crippen LogP contribution is -2.44. The van der Waals surface area contributed by atoms with E-state index in [1.54, 1.807) is 28.6 Å². The average molecular weight is 538 g/mol. The number of allylic oxidation sites excluding steroid dienone is 1. The molecule has 2 N–H and O–H groups in total. The van der Waals surface area contributed by atoms with Crippen molar-refractivity contribution in [3.05, 3.63) is 81.4 Å². The van der Waals surface area contributed by atoms with Gasteiger partial charge in [0.25, 0.3) is 5.56 Å². The molecule has 0 spiro atoms. The number of fused-ring (bicyclic) bond motifs is 2. The number of hydrogen-bond donors (Lipinski definition) is 2. The number of rotatable bonds is 5. The Morgan fingerprint density at radius 2 is 1.95 bits per heavy atom. The maximum absolute atomic E-state index is 13.4. The molecule has 2 atom stereocenters. The summed E-state index contributed by atoms with van der Waals surface area (Å²) in [7, 11) is 2.19. The van der Waals surface area contributed by atoms with E-state index >= 15 is 0 Å². The van der Waals surface area contributed by atoms with Gasteiger partial charge in [0.15, 0.2) is 11.5 Å². The Kier molecular flexibility index (Phi) is 5.56. The number of aromatic nitrogens is 5. The minimum Gasteiger partial charge on any atom is -0.384 e. The van der Waals surface area contributed by atoms with Gasteiger partial charge in [-0.3, -0.25) is 4.79 Å². The van der Waals surface area contributed by atoms with Gasteiger partial charge in [-0.1, -0.05) is 19.1 Å². The molecule has 1 aliphatic heterocycles. The van der Waals surface area contributed by atoms with Gasteiger partial charge in [0.05, 0.1) is 12.2 Å². The number of anilines is 2. The number of hydrogen-bond acceptors (Lipinski definition) is 7. The molecule has 40 heavy (non-hydrogen) atoms. The summed E-state index contributed by atoms with van der Waals surface area (Å²) in [5, 5.41) is 14.7. The van der Waals surface area contributed by atoms with E-state index in [1.807, 2.05) is 12.1 Å². The lowest BCUT2D eigenvalue weighted by atomic mass is 9.67. The number of nitrogens with zero attached hydrogens (tertiary/aromatic N) is 6. The Balaban J connectivity index is 1.34. The van der Waals surface area contributed by atoms with Crippen LogP contribution in [0, 0.1) is 0 Å². The van der Waals surface area contributed by atoms with Crippen LogP contribution in [0.2, 0.25) is 0 Å². The van der Waals surface area contributed by atoms with Crippen molar-refractivity contribution in [2.45, 2.75) is 70.1 Å². The molecule has 4 aromatic rings. The topological polar surface area (TPSA) is 101 Å². The van der Waals surface area contributed by atoms with E-state index in [9.17, 15) is 9.90 Å². The Bertz CT molecular complexity index is 1750. The highest BCUT2D eigenvalue weighted by Gasteiger charge is 2.39. The molecule has 0 saturated heterocycles. The van der Waals surface area contributed by atoms with E-state index in [2.05, 4.69) is 47.9 Å². The molecule has 0 radical (unpaired) electrons. The van der Waals surface area contributed by atoms with Gasteiger partial charge in [0.1, 0.15) is 11.0 Å². The van der Waals surface area contributed by atoms with Crippen LogP contribution >= 0.6 is 0 Å². The molecule has 3 aliphatic rings. The first kappa shape index (κ1) is 25.2. The van der Waals surface area contributed by atoms with Crippen molar-refractivity contribution in [2.75, 3.05) is 18.9 Å². The molecule has 0 fully saturated rings. The zero-order valence-electron chi connectivity index (χ0n) is 23.4. The van der Waals surface area contributed by atoms with Gasteiger partial charge < -0.3 is 15.3 Å². The lowest BCUT2D eigenvalue weighted by Gasteiger charge is -2.45. The second-order valence-corrected chi connectivity index (χ2v) is 12.3. The molecule has 2 aliphatic carbocycles. The SMILES string of the molecule is C=CCn1c(=O)c2cnc(Nc3cc4c5c(c3)CN(C)CC5(C)CCC4)nc2n1-c1ccc2c(n1)C(C)(O)CC2. The standard InChI is InChI=1S/C31H35N7O2/c1-5-13-37-28(39)23-16-32-29(35-27(23)38(37)24-9-8-19-10-12-31(3,40)26(19)34-24)33-22-14-20-7-6-11-30(2)18-36(4)17-21(15-22)25(20)30/h5,8-9,14-16,40H,1,6-7,10-13,17-18H2,2-4H3,(H,32,33,35). The highest BCUT2D eigenvalue weighted by Crippen LogP contribution is 2.44. The Hall–Kier alpha value is -3.82. The van der Waals surface area contributed by atoms with Crippen LogP contribution in [0.4, 0.5) is 11.6 Å². The van der Waals surface area contributed by atoms with Crippen LogP contribution in [0.5, 0.6) is 0 Å². The highest BCUT2D eigenvalue weighted by molar-refractivity contribution is 5.77. The first-order valence-corrected chi connectivity index (χ1v) is 14.1. The second kappa shape index (κ2) is 8.84. The fourth-order valence-electron chi connectivity index (χ4n) is 7.33. The van der Waals surface area contributed by atoms with Gasteiger partial charge in [0.2, 0.25) is 5.95 Å². The summed E-state index contributed by atoms with van der Waals surface area (Å²) in [6.07, 6.45) is 8.14. The molecule has 0 bridgehead atoms. The van der Waals surface area contributed by atoms with Gasteiger partial charge in [-0.15, -0.1) is 6.58 Å². The van der Waals surface area contributed by atoms with Crippen LogP contribution in [0.3, 0.4) is 0 Å². The number of pyridine rings is 1. The number of likely N-dealkylation sites (N-methyl/N-ethyl adjacent to an activating group) is 1. The normalized spacial score (nSPS) is 23.7. The molecule has 206 valence electrons. The predicted octanol–water partition coefficient (Wildman–Crippen LogP) is 4.10. The van der Waals surface area contributed by atoms with Gasteiger partial charge in [-0.2, -0.15) is 4.98 Å². The summed E-state index contributed by atoms with van der Waals surface area (Å²) in [4.78, 5) is 30.0. The van der Waals surface area contributed by atoms with Crippen LogP contribution in [0.25, 0.3) is 16.9 Å². The van der Waals surface area contributed by atoms with Crippen LogP contribution in [0.15, 0.2) is 47.9 Å². The summed E-state index contributed by atoms with van der Waals surface area (Å²) in [6.45, 7) is 10.3. The van der Waals surface area contributed by atoms with Gasteiger partial charge in [-0.05, 0) is 86.5 Å². The Labute approximate surface area is 233 Å². The summed E-state index contributed by atoms with van der Waals surface area (Å²) in [6, 6.07) is 8.34. The fraction of sp³-hybridized carbons (Fsp3) is 0.419. The number of aryl methyl sites for hydroxylation is 2. The minimum absolute atomic E-state index is 0.196. The van der Waals surface area contributed by atoms with Crippen LogP contribution in [-0.2, 0) is 36.9 Å². The molecule has 1 aromatic carbocycles. The molecule has 7 rings (SSSR count). The second-order valence-electron chi connectivity index (χ2n) is 12.3. The zero-order chi connectivity index (χ0) is 27.8. The molecule has 9 nitrogen and oxygen atoms in total. The van der Waals surface area contributed by atoms with E-state index in [1.165, 1.54) is 29.5 Å². The number of benzene rings is 1. The van der Waals surface area contributed by atoms with Gasteiger partial charge >= 0.3 is 0 Å². The first-order chi connectivity index (χ1) is 19.2. The quantitative estimate of drug-likeness (QED) is 0.370. The lowest BCUT2D eigenvalue weighted by molar-refractivity contribution is 0.0553.